The van der Waals surface area contributed by atoms with Crippen LogP contribution in [-0.4, -0.2) is 27.3 Å². The van der Waals surface area contributed by atoms with Gasteiger partial charge in [-0.3, -0.25) is 9.52 Å². The van der Waals surface area contributed by atoms with Gasteiger partial charge in [-0.1, -0.05) is 17.7 Å². The van der Waals surface area contributed by atoms with Gasteiger partial charge in [0.25, 0.3) is 10.0 Å². The van der Waals surface area contributed by atoms with E-state index in [4.69, 9.17) is 0 Å². The molecule has 0 fully saturated rings. The first-order chi connectivity index (χ1) is 11.2. The van der Waals surface area contributed by atoms with E-state index in [2.05, 4.69) is 9.46 Å². The number of ether oxygens (including phenoxy) is 1. The van der Waals surface area contributed by atoms with E-state index < -0.39 is 16.0 Å². The number of benzene rings is 2. The Labute approximate surface area is 140 Å². The summed E-state index contributed by atoms with van der Waals surface area (Å²) in [6, 6.07) is 10.4. The maximum atomic E-state index is 12.5. The Hall–Kier alpha value is -2.67. The van der Waals surface area contributed by atoms with Crippen LogP contribution in [-0.2, 0) is 14.8 Å². The number of esters is 1. The number of hydrogen-bond acceptors (Lipinski definition) is 5. The van der Waals surface area contributed by atoms with Gasteiger partial charge in [0.1, 0.15) is 0 Å². The number of sulfonamides is 1. The van der Waals surface area contributed by atoms with Crippen LogP contribution in [0.4, 0.5) is 5.69 Å². The lowest BCUT2D eigenvalue weighted by Gasteiger charge is -2.12. The van der Waals surface area contributed by atoms with E-state index in [1.807, 2.05) is 6.92 Å². The van der Waals surface area contributed by atoms with Gasteiger partial charge in [0.2, 0.25) is 0 Å². The molecule has 0 heterocycles. The lowest BCUT2D eigenvalue weighted by atomic mass is 10.1. The zero-order chi connectivity index (χ0) is 17.9. The Bertz CT molecular complexity index is 886. The Morgan fingerprint density at radius 3 is 2.21 bits per heavy atom. The smallest absolute Gasteiger partial charge is 0.337 e. The number of ketones is 1. The third-order valence-electron chi connectivity index (χ3n) is 3.40. The molecule has 0 aliphatic carbocycles. The van der Waals surface area contributed by atoms with Crippen molar-refractivity contribution in [3.8, 4) is 0 Å². The van der Waals surface area contributed by atoms with Crippen LogP contribution in [0.1, 0.15) is 33.2 Å². The fourth-order valence-electron chi connectivity index (χ4n) is 2.10. The third-order valence-corrected chi connectivity index (χ3v) is 4.78. The maximum absolute atomic E-state index is 12.5. The molecule has 24 heavy (non-hydrogen) atoms. The lowest BCUT2D eigenvalue weighted by Crippen LogP contribution is -2.16. The van der Waals surface area contributed by atoms with Gasteiger partial charge >= 0.3 is 5.97 Å². The van der Waals surface area contributed by atoms with Crippen molar-refractivity contribution in [3.05, 3.63) is 59.2 Å². The van der Waals surface area contributed by atoms with Crippen LogP contribution in [0.5, 0.6) is 0 Å². The molecule has 0 spiro atoms. The van der Waals surface area contributed by atoms with Crippen LogP contribution in [0.15, 0.2) is 47.4 Å². The second kappa shape index (κ2) is 6.84. The molecule has 2 aromatic carbocycles. The monoisotopic (exact) mass is 347 g/mol. The van der Waals surface area contributed by atoms with Crippen LogP contribution in [0.25, 0.3) is 0 Å². The van der Waals surface area contributed by atoms with Crippen molar-refractivity contribution < 1.29 is 22.7 Å². The third kappa shape index (κ3) is 3.80. The summed E-state index contributed by atoms with van der Waals surface area (Å²) in [7, 11) is -2.67. The molecule has 0 aliphatic rings. The molecule has 126 valence electrons. The predicted molar refractivity (Wildman–Crippen MR) is 89.8 cm³/mol. The molecule has 0 unspecified atom stereocenters. The van der Waals surface area contributed by atoms with Crippen LogP contribution in [0.3, 0.4) is 0 Å². The number of carbonyl (C=O) groups excluding carboxylic acids is 2. The van der Waals surface area contributed by atoms with Crippen molar-refractivity contribution in [2.45, 2.75) is 18.7 Å². The maximum Gasteiger partial charge on any atom is 0.337 e. The van der Waals surface area contributed by atoms with Crippen molar-refractivity contribution in [1.29, 1.82) is 0 Å². The number of anilines is 1. The number of carbonyl (C=O) groups is 2. The Balaban J connectivity index is 2.48. The second-order valence-corrected chi connectivity index (χ2v) is 6.91. The minimum absolute atomic E-state index is 0.0333. The van der Waals surface area contributed by atoms with Gasteiger partial charge in [0, 0.05) is 5.56 Å². The fourth-order valence-corrected chi connectivity index (χ4v) is 3.17. The standard InChI is InChI=1S/C17H17NO5S/c1-11-4-7-14(8-5-11)24(21,22)18-16-10-13(17(20)23-3)6-9-15(16)12(2)19/h4-10,18H,1-3H3. The number of hydrogen-bond donors (Lipinski definition) is 1. The Morgan fingerprint density at radius 2 is 1.67 bits per heavy atom. The molecule has 6 nitrogen and oxygen atoms in total. The van der Waals surface area contributed by atoms with Crippen molar-refractivity contribution in [1.82, 2.24) is 0 Å². The Morgan fingerprint density at radius 1 is 1.04 bits per heavy atom. The number of Topliss-reactive ketones (excluding diaryl/α,β-unsaturated/α-hetero) is 1. The minimum atomic E-state index is -3.89. The molecule has 0 aromatic heterocycles. The van der Waals surface area contributed by atoms with Gasteiger partial charge in [0.05, 0.1) is 23.3 Å². The second-order valence-electron chi connectivity index (χ2n) is 5.23. The molecular weight excluding hydrogens is 330 g/mol. The summed E-state index contributed by atoms with van der Waals surface area (Å²) < 4.78 is 32.0. The summed E-state index contributed by atoms with van der Waals surface area (Å²) in [5.74, 6) is -0.950. The molecule has 0 bridgehead atoms. The summed E-state index contributed by atoms with van der Waals surface area (Å²) >= 11 is 0. The van der Waals surface area contributed by atoms with Crippen LogP contribution in [0, 0.1) is 6.92 Å². The largest absolute Gasteiger partial charge is 0.465 e. The first-order valence-electron chi connectivity index (χ1n) is 7.07. The highest BCUT2D eigenvalue weighted by Gasteiger charge is 2.19. The van der Waals surface area contributed by atoms with E-state index in [9.17, 15) is 18.0 Å². The van der Waals surface area contributed by atoms with Gasteiger partial charge in [-0.15, -0.1) is 0 Å². The highest BCUT2D eigenvalue weighted by atomic mass is 32.2. The molecule has 0 radical (unpaired) electrons. The van der Waals surface area contributed by atoms with Crippen molar-refractivity contribution >= 4 is 27.5 Å². The van der Waals surface area contributed by atoms with Gasteiger partial charge in [-0.05, 0) is 44.2 Å². The van der Waals surface area contributed by atoms with Crippen LogP contribution in [0.2, 0.25) is 0 Å². The predicted octanol–water partition coefficient (Wildman–Crippen LogP) is 2.79. The average Bonchev–Trinajstić information content (AvgIpc) is 2.53. The van der Waals surface area contributed by atoms with Crippen molar-refractivity contribution in [2.24, 2.45) is 0 Å². The quantitative estimate of drug-likeness (QED) is 0.663. The molecular formula is C17H17NO5S. The van der Waals surface area contributed by atoms with Gasteiger partial charge in [-0.25, -0.2) is 13.2 Å². The first kappa shape index (κ1) is 17.7. The SMILES string of the molecule is COC(=O)c1ccc(C(C)=O)c(NS(=O)(=O)c2ccc(C)cc2)c1. The normalized spacial score (nSPS) is 11.0. The van der Waals surface area contributed by atoms with E-state index in [1.165, 1.54) is 44.4 Å². The molecule has 2 aromatic rings. The molecule has 0 atom stereocenters. The summed E-state index contributed by atoms with van der Waals surface area (Å²) in [4.78, 5) is 23.4. The molecule has 0 saturated heterocycles. The number of nitrogens with one attached hydrogen (secondary N) is 1. The van der Waals surface area contributed by atoms with Gasteiger partial charge in [0.15, 0.2) is 5.78 Å². The molecule has 0 amide bonds. The van der Waals surface area contributed by atoms with Crippen molar-refractivity contribution in [3.63, 3.8) is 0 Å². The molecule has 2 rings (SSSR count). The lowest BCUT2D eigenvalue weighted by molar-refractivity contribution is 0.0600. The number of rotatable bonds is 5. The van der Waals surface area contributed by atoms with E-state index in [1.54, 1.807) is 12.1 Å². The summed E-state index contributed by atoms with van der Waals surface area (Å²) in [6.45, 7) is 3.16. The minimum Gasteiger partial charge on any atom is -0.465 e. The van der Waals surface area contributed by atoms with E-state index in [-0.39, 0.29) is 27.5 Å². The van der Waals surface area contributed by atoms with Crippen molar-refractivity contribution in [2.75, 3.05) is 11.8 Å². The molecule has 1 N–H and O–H groups in total. The molecule has 7 heteroatoms. The van der Waals surface area contributed by atoms with Gasteiger partial charge < -0.3 is 4.74 Å². The highest BCUT2D eigenvalue weighted by Crippen LogP contribution is 2.23. The van der Waals surface area contributed by atoms with Crippen LogP contribution < -0.4 is 4.72 Å². The summed E-state index contributed by atoms with van der Waals surface area (Å²) in [6.07, 6.45) is 0. The van der Waals surface area contributed by atoms with E-state index >= 15 is 0 Å². The summed E-state index contributed by atoms with van der Waals surface area (Å²) in [5.41, 5.74) is 1.26. The average molecular weight is 347 g/mol. The summed E-state index contributed by atoms with van der Waals surface area (Å²) in [5, 5.41) is 0. The number of aryl methyl sites for hydroxylation is 1. The van der Waals surface area contributed by atoms with Crippen LogP contribution >= 0.6 is 0 Å². The molecule has 0 saturated carbocycles. The zero-order valence-electron chi connectivity index (χ0n) is 13.5. The topological polar surface area (TPSA) is 89.5 Å². The number of methoxy groups -OCH3 is 1. The molecule has 0 aliphatic heterocycles. The first-order valence-corrected chi connectivity index (χ1v) is 8.55. The highest BCUT2D eigenvalue weighted by molar-refractivity contribution is 7.92. The Kier molecular flexibility index (Phi) is 5.04. The van der Waals surface area contributed by atoms with Gasteiger partial charge in [-0.2, -0.15) is 0 Å². The zero-order valence-corrected chi connectivity index (χ0v) is 14.3. The van der Waals surface area contributed by atoms with E-state index in [0.29, 0.717) is 0 Å². The fraction of sp³-hybridized carbons (Fsp3) is 0.176. The van der Waals surface area contributed by atoms with E-state index in [0.717, 1.165) is 5.56 Å².